The summed E-state index contributed by atoms with van der Waals surface area (Å²) in [4.78, 5) is 25.4. The van der Waals surface area contributed by atoms with Crippen molar-refractivity contribution in [2.24, 2.45) is 17.8 Å². The number of amides is 2. The Kier molecular flexibility index (Phi) is 5.98. The third-order valence-electron chi connectivity index (χ3n) is 7.04. The van der Waals surface area contributed by atoms with Gasteiger partial charge < -0.3 is 4.90 Å². The third-order valence-corrected chi connectivity index (χ3v) is 7.04. The molecule has 0 spiro atoms. The van der Waals surface area contributed by atoms with E-state index in [4.69, 9.17) is 0 Å². The van der Waals surface area contributed by atoms with Crippen LogP contribution in [0.5, 0.6) is 0 Å². The van der Waals surface area contributed by atoms with Crippen LogP contribution in [0.15, 0.2) is 18.2 Å². The van der Waals surface area contributed by atoms with Gasteiger partial charge in [-0.05, 0) is 55.2 Å². The molecule has 2 aliphatic heterocycles. The van der Waals surface area contributed by atoms with Crippen molar-refractivity contribution in [1.82, 2.24) is 5.32 Å². The van der Waals surface area contributed by atoms with E-state index < -0.39 is 0 Å². The van der Waals surface area contributed by atoms with E-state index >= 15 is 0 Å². The van der Waals surface area contributed by atoms with Crippen LogP contribution >= 0.6 is 0 Å². The molecule has 1 aliphatic carbocycles. The van der Waals surface area contributed by atoms with E-state index in [-0.39, 0.29) is 23.5 Å². The molecule has 0 radical (unpaired) electrons. The highest BCUT2D eigenvalue weighted by atomic mass is 19.1. The molecule has 152 valence electrons. The summed E-state index contributed by atoms with van der Waals surface area (Å²) in [5.41, 5.74) is 1.52. The van der Waals surface area contributed by atoms with E-state index in [0.717, 1.165) is 30.5 Å². The van der Waals surface area contributed by atoms with Crippen LogP contribution in [-0.2, 0) is 16.0 Å². The van der Waals surface area contributed by atoms with Crippen LogP contribution < -0.4 is 10.2 Å². The van der Waals surface area contributed by atoms with Crippen LogP contribution in [0.1, 0.15) is 63.4 Å². The molecule has 4 nitrogen and oxygen atoms in total. The van der Waals surface area contributed by atoms with Crippen molar-refractivity contribution in [3.05, 3.63) is 29.6 Å². The van der Waals surface area contributed by atoms with Gasteiger partial charge in [0.05, 0.1) is 5.69 Å². The second-order valence-electron chi connectivity index (χ2n) is 8.86. The van der Waals surface area contributed by atoms with Crippen molar-refractivity contribution in [2.75, 3.05) is 18.0 Å². The normalized spacial score (nSPS) is 25.0. The average molecular weight is 387 g/mol. The van der Waals surface area contributed by atoms with Gasteiger partial charge in [-0.2, -0.15) is 0 Å². The fourth-order valence-electron chi connectivity index (χ4n) is 5.37. The lowest BCUT2D eigenvalue weighted by Gasteiger charge is -2.38. The highest BCUT2D eigenvalue weighted by Gasteiger charge is 2.29. The smallest absolute Gasteiger partial charge is 0.230 e. The van der Waals surface area contributed by atoms with Gasteiger partial charge in [0.25, 0.3) is 0 Å². The van der Waals surface area contributed by atoms with Crippen molar-refractivity contribution >= 4 is 17.5 Å². The summed E-state index contributed by atoms with van der Waals surface area (Å²) in [7, 11) is 0. The Morgan fingerprint density at radius 1 is 0.964 bits per heavy atom. The molecule has 0 aromatic heterocycles. The highest BCUT2D eigenvalue weighted by Crippen LogP contribution is 2.37. The van der Waals surface area contributed by atoms with Gasteiger partial charge in [0, 0.05) is 25.4 Å². The molecule has 1 N–H and O–H groups in total. The summed E-state index contributed by atoms with van der Waals surface area (Å²) in [6.07, 6.45) is 10.7. The number of imide groups is 1. The van der Waals surface area contributed by atoms with E-state index in [1.165, 1.54) is 44.9 Å². The zero-order valence-electron chi connectivity index (χ0n) is 16.6. The summed E-state index contributed by atoms with van der Waals surface area (Å²) in [5, 5.41) is 2.38. The van der Waals surface area contributed by atoms with E-state index in [2.05, 4.69) is 10.2 Å². The van der Waals surface area contributed by atoms with Gasteiger partial charge in [0.1, 0.15) is 5.82 Å². The Hall–Kier alpha value is -1.91. The minimum absolute atomic E-state index is 0.194. The van der Waals surface area contributed by atoms with Crippen LogP contribution in [0.2, 0.25) is 0 Å². The van der Waals surface area contributed by atoms with E-state index in [1.807, 2.05) is 12.1 Å². The number of carbonyl (C=O) groups is 2. The maximum absolute atomic E-state index is 14.8. The molecule has 3 aliphatic rings. The molecule has 3 fully saturated rings. The number of benzene rings is 1. The number of piperidine rings is 2. The molecule has 5 heteroatoms. The molecular formula is C23H31FN2O2. The SMILES string of the molecule is O=C1CCC(Cc2ccc(N3CCC(C4CCCCC4)CC3)c(F)c2)C(=O)N1. The first kappa shape index (κ1) is 19.4. The second-order valence-corrected chi connectivity index (χ2v) is 8.86. The Labute approximate surface area is 166 Å². The molecule has 1 saturated carbocycles. The Morgan fingerprint density at radius 2 is 1.68 bits per heavy atom. The molecule has 4 rings (SSSR count). The Bertz CT molecular complexity index is 721. The first-order chi connectivity index (χ1) is 13.6. The number of nitrogens with one attached hydrogen (secondary N) is 1. The minimum atomic E-state index is -0.241. The molecule has 0 bridgehead atoms. The predicted octanol–water partition coefficient (Wildman–Crippen LogP) is 4.22. The van der Waals surface area contributed by atoms with Crippen molar-refractivity contribution in [3.63, 3.8) is 0 Å². The summed E-state index contributed by atoms with van der Waals surface area (Å²) in [5.74, 6) is 0.822. The number of rotatable bonds is 4. The molecule has 2 heterocycles. The molecule has 2 amide bonds. The Morgan fingerprint density at radius 3 is 2.36 bits per heavy atom. The number of carbonyl (C=O) groups excluding carboxylic acids is 2. The zero-order valence-corrected chi connectivity index (χ0v) is 16.6. The van der Waals surface area contributed by atoms with Crippen molar-refractivity contribution in [3.8, 4) is 0 Å². The van der Waals surface area contributed by atoms with Crippen molar-refractivity contribution in [1.29, 1.82) is 0 Å². The second kappa shape index (κ2) is 8.62. The number of anilines is 1. The molecule has 2 saturated heterocycles. The van der Waals surface area contributed by atoms with Gasteiger partial charge in [0.2, 0.25) is 11.8 Å². The predicted molar refractivity (Wildman–Crippen MR) is 107 cm³/mol. The molecule has 28 heavy (non-hydrogen) atoms. The topological polar surface area (TPSA) is 49.4 Å². The van der Waals surface area contributed by atoms with Crippen molar-refractivity contribution in [2.45, 2.75) is 64.2 Å². The molecule has 1 atom stereocenters. The fraction of sp³-hybridized carbons (Fsp3) is 0.652. The van der Waals surface area contributed by atoms with Crippen LogP contribution in [-0.4, -0.2) is 24.9 Å². The summed E-state index contributed by atoms with van der Waals surface area (Å²) in [6, 6.07) is 5.39. The standard InChI is InChI=1S/C23H31FN2O2/c24-20-15-16(14-19-7-9-22(27)25-23(19)28)6-8-21(20)26-12-10-18(11-13-26)17-4-2-1-3-5-17/h6,8,15,17-19H,1-5,7,9-14H2,(H,25,27,28). The van der Waals surface area contributed by atoms with Gasteiger partial charge in [-0.15, -0.1) is 0 Å². The summed E-state index contributed by atoms with van der Waals surface area (Å²) >= 11 is 0. The molecule has 1 aromatic rings. The summed E-state index contributed by atoms with van der Waals surface area (Å²) < 4.78 is 14.8. The maximum atomic E-state index is 14.8. The van der Waals surface area contributed by atoms with Crippen LogP contribution in [0.3, 0.4) is 0 Å². The summed E-state index contributed by atoms with van der Waals surface area (Å²) in [6.45, 7) is 1.87. The fourth-order valence-corrected chi connectivity index (χ4v) is 5.37. The van der Waals surface area contributed by atoms with Crippen LogP contribution in [0.4, 0.5) is 10.1 Å². The van der Waals surface area contributed by atoms with Gasteiger partial charge in [-0.1, -0.05) is 38.2 Å². The van der Waals surface area contributed by atoms with E-state index in [1.54, 1.807) is 6.07 Å². The van der Waals surface area contributed by atoms with Gasteiger partial charge in [-0.25, -0.2) is 4.39 Å². The monoisotopic (exact) mass is 386 g/mol. The first-order valence-corrected chi connectivity index (χ1v) is 11.0. The highest BCUT2D eigenvalue weighted by molar-refractivity contribution is 5.98. The average Bonchev–Trinajstić information content (AvgIpc) is 2.71. The van der Waals surface area contributed by atoms with Crippen LogP contribution in [0.25, 0.3) is 0 Å². The van der Waals surface area contributed by atoms with Gasteiger partial charge in [-0.3, -0.25) is 14.9 Å². The number of hydrogen-bond acceptors (Lipinski definition) is 3. The van der Waals surface area contributed by atoms with Crippen LogP contribution in [0, 0.1) is 23.6 Å². The maximum Gasteiger partial charge on any atom is 0.230 e. The lowest BCUT2D eigenvalue weighted by Crippen LogP contribution is -2.41. The molecule has 1 aromatic carbocycles. The first-order valence-electron chi connectivity index (χ1n) is 11.0. The zero-order chi connectivity index (χ0) is 19.5. The molecular weight excluding hydrogens is 355 g/mol. The molecule has 1 unspecified atom stereocenters. The third kappa shape index (κ3) is 4.39. The number of nitrogens with zero attached hydrogens (tertiary/aromatic N) is 1. The minimum Gasteiger partial charge on any atom is -0.369 e. The van der Waals surface area contributed by atoms with Crippen molar-refractivity contribution < 1.29 is 14.0 Å². The lowest BCUT2D eigenvalue weighted by molar-refractivity contribution is -0.136. The number of hydrogen-bond donors (Lipinski definition) is 1. The van der Waals surface area contributed by atoms with Gasteiger partial charge >= 0.3 is 0 Å². The Balaban J connectivity index is 1.34. The largest absolute Gasteiger partial charge is 0.369 e. The van der Waals surface area contributed by atoms with Gasteiger partial charge in [0.15, 0.2) is 0 Å². The van der Waals surface area contributed by atoms with E-state index in [0.29, 0.717) is 24.9 Å². The quantitative estimate of drug-likeness (QED) is 0.789. The lowest BCUT2D eigenvalue weighted by atomic mass is 9.76. The van der Waals surface area contributed by atoms with E-state index in [9.17, 15) is 14.0 Å². The number of halogens is 1.